The molecule has 4 N–H and O–H groups in total. The van der Waals surface area contributed by atoms with Gasteiger partial charge in [-0.3, -0.25) is 19.4 Å². The standard InChI is InChI=1S/C31H34F2N6O3/c32-25-10-4-20(17-26(25)33)30(41)37-27-18-21(29(40)36-24-8-6-23(34)7-9-24)5-11-28(27)38-13-2-14-39(16-15-38)31(42)22-3-1-12-35-19-22/h1,3-5,10-12,17-19,23-24H,2,6-9,13-16,34H2,(H,36,40)(H,37,41). The Kier molecular flexibility index (Phi) is 9.06. The molecule has 2 heterocycles. The van der Waals surface area contributed by atoms with Gasteiger partial charge in [-0.15, -0.1) is 0 Å². The van der Waals surface area contributed by atoms with Crippen LogP contribution in [-0.2, 0) is 0 Å². The molecule has 42 heavy (non-hydrogen) atoms. The van der Waals surface area contributed by atoms with E-state index in [1.807, 2.05) is 4.90 Å². The van der Waals surface area contributed by atoms with E-state index in [0.29, 0.717) is 55.1 Å². The zero-order valence-corrected chi connectivity index (χ0v) is 23.2. The number of nitrogens with zero attached hydrogens (tertiary/aromatic N) is 3. The molecule has 5 rings (SSSR count). The maximum absolute atomic E-state index is 13.9. The van der Waals surface area contributed by atoms with Crippen LogP contribution in [0.5, 0.6) is 0 Å². The number of hydrogen-bond donors (Lipinski definition) is 3. The smallest absolute Gasteiger partial charge is 0.255 e. The summed E-state index contributed by atoms with van der Waals surface area (Å²) in [4.78, 5) is 47.2. The van der Waals surface area contributed by atoms with Gasteiger partial charge in [0.1, 0.15) is 0 Å². The largest absolute Gasteiger partial charge is 0.368 e. The lowest BCUT2D eigenvalue weighted by molar-refractivity contribution is 0.0766. The van der Waals surface area contributed by atoms with Gasteiger partial charge in [-0.1, -0.05) is 0 Å². The Morgan fingerprint density at radius 3 is 2.33 bits per heavy atom. The molecule has 2 aliphatic rings. The first-order valence-electron chi connectivity index (χ1n) is 14.2. The highest BCUT2D eigenvalue weighted by Gasteiger charge is 2.25. The molecule has 9 nitrogen and oxygen atoms in total. The third-order valence-corrected chi connectivity index (χ3v) is 7.83. The number of nitrogens with two attached hydrogens (primary N) is 1. The summed E-state index contributed by atoms with van der Waals surface area (Å²) in [5.74, 6) is -3.20. The minimum absolute atomic E-state index is 0.0196. The number of hydrogen-bond acceptors (Lipinski definition) is 6. The molecule has 0 bridgehead atoms. The fraction of sp³-hybridized carbons (Fsp3) is 0.355. The van der Waals surface area contributed by atoms with Crippen molar-refractivity contribution in [2.75, 3.05) is 36.4 Å². The Morgan fingerprint density at radius 2 is 1.60 bits per heavy atom. The van der Waals surface area contributed by atoms with Crippen LogP contribution in [0.1, 0.15) is 63.2 Å². The molecule has 1 saturated carbocycles. The number of nitrogens with one attached hydrogen (secondary N) is 2. The molecule has 1 aliphatic carbocycles. The minimum atomic E-state index is -1.13. The summed E-state index contributed by atoms with van der Waals surface area (Å²) in [5, 5.41) is 5.86. The summed E-state index contributed by atoms with van der Waals surface area (Å²) in [6.45, 7) is 2.06. The number of carbonyl (C=O) groups is 3. The van der Waals surface area contributed by atoms with Gasteiger partial charge in [0.15, 0.2) is 11.6 Å². The van der Waals surface area contributed by atoms with Gasteiger partial charge in [0.05, 0.1) is 16.9 Å². The van der Waals surface area contributed by atoms with E-state index in [0.717, 1.165) is 37.8 Å². The topological polar surface area (TPSA) is 121 Å². The highest BCUT2D eigenvalue weighted by Crippen LogP contribution is 2.30. The molecular formula is C31H34F2N6O3. The van der Waals surface area contributed by atoms with Crippen LogP contribution in [0.4, 0.5) is 20.2 Å². The van der Waals surface area contributed by atoms with Crippen molar-refractivity contribution in [2.24, 2.45) is 5.73 Å². The second-order valence-electron chi connectivity index (χ2n) is 10.8. The maximum atomic E-state index is 13.9. The van der Waals surface area contributed by atoms with Crippen molar-refractivity contribution < 1.29 is 23.2 Å². The second-order valence-corrected chi connectivity index (χ2v) is 10.8. The maximum Gasteiger partial charge on any atom is 0.255 e. The van der Waals surface area contributed by atoms with Gasteiger partial charge in [-0.25, -0.2) is 8.78 Å². The monoisotopic (exact) mass is 576 g/mol. The molecule has 2 aromatic carbocycles. The fourth-order valence-electron chi connectivity index (χ4n) is 5.45. The van der Waals surface area contributed by atoms with Crippen LogP contribution in [0.25, 0.3) is 0 Å². The zero-order valence-electron chi connectivity index (χ0n) is 23.2. The van der Waals surface area contributed by atoms with E-state index < -0.39 is 17.5 Å². The number of benzene rings is 2. The van der Waals surface area contributed by atoms with Crippen LogP contribution in [0.3, 0.4) is 0 Å². The quantitative estimate of drug-likeness (QED) is 0.409. The van der Waals surface area contributed by atoms with Crippen LogP contribution < -0.4 is 21.3 Å². The van der Waals surface area contributed by atoms with E-state index in [1.54, 1.807) is 47.6 Å². The van der Waals surface area contributed by atoms with Crippen LogP contribution in [0.15, 0.2) is 60.9 Å². The molecule has 1 aromatic heterocycles. The predicted octanol–water partition coefficient (Wildman–Crippen LogP) is 3.96. The average molecular weight is 577 g/mol. The predicted molar refractivity (Wildman–Crippen MR) is 155 cm³/mol. The summed E-state index contributed by atoms with van der Waals surface area (Å²) in [5.41, 5.74) is 7.82. The van der Waals surface area contributed by atoms with Gasteiger partial charge < -0.3 is 26.2 Å². The molecule has 0 radical (unpaired) electrons. The summed E-state index contributed by atoms with van der Waals surface area (Å²) in [7, 11) is 0. The van der Waals surface area contributed by atoms with Crippen LogP contribution in [0, 0.1) is 11.6 Å². The Bertz CT molecular complexity index is 1450. The summed E-state index contributed by atoms with van der Waals surface area (Å²) < 4.78 is 27.4. The van der Waals surface area contributed by atoms with E-state index in [1.165, 1.54) is 6.07 Å². The van der Waals surface area contributed by atoms with Gasteiger partial charge in [0.2, 0.25) is 0 Å². The van der Waals surface area contributed by atoms with Crippen molar-refractivity contribution in [1.82, 2.24) is 15.2 Å². The fourth-order valence-corrected chi connectivity index (χ4v) is 5.45. The lowest BCUT2D eigenvalue weighted by Gasteiger charge is -2.28. The van der Waals surface area contributed by atoms with E-state index in [-0.39, 0.29) is 29.5 Å². The van der Waals surface area contributed by atoms with Gasteiger partial charge >= 0.3 is 0 Å². The highest BCUT2D eigenvalue weighted by atomic mass is 19.2. The SMILES string of the molecule is NC1CCC(NC(=O)c2ccc(N3CCCN(C(=O)c4cccnc4)CC3)c(NC(=O)c3ccc(F)c(F)c3)c2)CC1. The highest BCUT2D eigenvalue weighted by molar-refractivity contribution is 6.07. The van der Waals surface area contributed by atoms with Crippen molar-refractivity contribution in [3.05, 3.63) is 89.2 Å². The van der Waals surface area contributed by atoms with E-state index in [9.17, 15) is 23.2 Å². The molecule has 3 aromatic rings. The van der Waals surface area contributed by atoms with E-state index in [4.69, 9.17) is 5.73 Å². The van der Waals surface area contributed by atoms with Crippen LogP contribution in [-0.4, -0.2) is 65.9 Å². The number of amides is 3. The van der Waals surface area contributed by atoms with Crippen molar-refractivity contribution >= 4 is 29.1 Å². The molecule has 3 amide bonds. The summed E-state index contributed by atoms with van der Waals surface area (Å²) in [6.07, 6.45) is 7.12. The third-order valence-electron chi connectivity index (χ3n) is 7.83. The van der Waals surface area contributed by atoms with Gasteiger partial charge in [0, 0.05) is 61.8 Å². The third kappa shape index (κ3) is 6.91. The Morgan fingerprint density at radius 1 is 0.833 bits per heavy atom. The Hall–Kier alpha value is -4.38. The number of rotatable bonds is 6. The van der Waals surface area contributed by atoms with Crippen LogP contribution >= 0.6 is 0 Å². The number of aromatic nitrogens is 1. The molecule has 220 valence electrons. The summed E-state index contributed by atoms with van der Waals surface area (Å²) in [6, 6.07) is 11.6. The van der Waals surface area contributed by atoms with E-state index >= 15 is 0 Å². The first kappa shape index (κ1) is 29.1. The molecule has 2 fully saturated rings. The molecule has 0 atom stereocenters. The number of anilines is 2. The van der Waals surface area contributed by atoms with Crippen molar-refractivity contribution in [2.45, 2.75) is 44.2 Å². The van der Waals surface area contributed by atoms with Gasteiger partial charge in [-0.05, 0) is 80.6 Å². The minimum Gasteiger partial charge on any atom is -0.368 e. The number of carbonyl (C=O) groups excluding carboxylic acids is 3. The lowest BCUT2D eigenvalue weighted by Crippen LogP contribution is -2.40. The van der Waals surface area contributed by atoms with Gasteiger partial charge in [-0.2, -0.15) is 0 Å². The number of pyridine rings is 1. The second kappa shape index (κ2) is 13.1. The van der Waals surface area contributed by atoms with Crippen molar-refractivity contribution in [3.8, 4) is 0 Å². The molecule has 1 saturated heterocycles. The van der Waals surface area contributed by atoms with Crippen LogP contribution in [0.2, 0.25) is 0 Å². The normalized spacial score (nSPS) is 19.1. The Labute approximate surface area is 243 Å². The Balaban J connectivity index is 1.37. The lowest BCUT2D eigenvalue weighted by atomic mass is 9.91. The number of halogens is 2. The van der Waals surface area contributed by atoms with Gasteiger partial charge in [0.25, 0.3) is 17.7 Å². The molecule has 0 spiro atoms. The first-order valence-corrected chi connectivity index (χ1v) is 14.2. The molecule has 11 heteroatoms. The first-order chi connectivity index (χ1) is 20.3. The van der Waals surface area contributed by atoms with E-state index in [2.05, 4.69) is 15.6 Å². The molecule has 0 unspecified atom stereocenters. The van der Waals surface area contributed by atoms with Crippen molar-refractivity contribution in [1.29, 1.82) is 0 Å². The summed E-state index contributed by atoms with van der Waals surface area (Å²) >= 11 is 0. The molecular weight excluding hydrogens is 542 g/mol. The molecule has 1 aliphatic heterocycles. The van der Waals surface area contributed by atoms with Crippen molar-refractivity contribution in [3.63, 3.8) is 0 Å². The average Bonchev–Trinajstić information content (AvgIpc) is 3.26. The zero-order chi connectivity index (χ0) is 29.6.